The summed E-state index contributed by atoms with van der Waals surface area (Å²) >= 11 is 0. The summed E-state index contributed by atoms with van der Waals surface area (Å²) in [5.74, 6) is -1.96. The molecule has 0 heterocycles. The molecule has 0 aromatic heterocycles. The van der Waals surface area contributed by atoms with Gasteiger partial charge in [0.15, 0.2) is 0 Å². The number of nitrogens with zero attached hydrogens (tertiary/aromatic N) is 1. The van der Waals surface area contributed by atoms with Gasteiger partial charge in [-0.3, -0.25) is 4.79 Å². The first-order chi connectivity index (χ1) is 15.0. The van der Waals surface area contributed by atoms with Gasteiger partial charge in [-0.05, 0) is 35.6 Å². The van der Waals surface area contributed by atoms with Crippen molar-refractivity contribution in [1.82, 2.24) is 4.90 Å². The Hall–Kier alpha value is -3.05. The van der Waals surface area contributed by atoms with Crippen molar-refractivity contribution >= 4 is 5.91 Å². The predicted molar refractivity (Wildman–Crippen MR) is 117 cm³/mol. The molecule has 3 nitrogen and oxygen atoms in total. The SMILES string of the molecule is CC[C@@H](Cc1ccc(F)cc1F)C(=O)N(Cc1ccccc1)C(CO)c1ccccc1. The predicted octanol–water partition coefficient (Wildman–Crippen LogP) is 5.30. The lowest BCUT2D eigenvalue weighted by molar-refractivity contribution is -0.140. The number of aliphatic hydroxyl groups excluding tert-OH is 1. The zero-order chi connectivity index (χ0) is 22.2. The molecule has 1 unspecified atom stereocenters. The van der Waals surface area contributed by atoms with Gasteiger partial charge < -0.3 is 10.0 Å². The number of hydrogen-bond donors (Lipinski definition) is 1. The van der Waals surface area contributed by atoms with Crippen LogP contribution in [0, 0.1) is 17.6 Å². The number of hydrogen-bond acceptors (Lipinski definition) is 2. The Bertz CT molecular complexity index is 979. The smallest absolute Gasteiger partial charge is 0.226 e. The van der Waals surface area contributed by atoms with Crippen LogP contribution in [0.15, 0.2) is 78.9 Å². The van der Waals surface area contributed by atoms with Gasteiger partial charge in [0.05, 0.1) is 12.6 Å². The molecule has 0 radical (unpaired) electrons. The van der Waals surface area contributed by atoms with Crippen molar-refractivity contribution in [3.63, 3.8) is 0 Å². The van der Waals surface area contributed by atoms with Crippen LogP contribution in [0.3, 0.4) is 0 Å². The minimum absolute atomic E-state index is 0.166. The van der Waals surface area contributed by atoms with Crippen molar-refractivity contribution in [1.29, 1.82) is 0 Å². The summed E-state index contributed by atoms with van der Waals surface area (Å²) in [5, 5.41) is 10.2. The van der Waals surface area contributed by atoms with Crippen molar-refractivity contribution in [2.75, 3.05) is 6.61 Å². The monoisotopic (exact) mass is 423 g/mol. The third-order valence-electron chi connectivity index (χ3n) is 5.54. The minimum Gasteiger partial charge on any atom is -0.394 e. The number of rotatable bonds is 9. The molecule has 0 spiro atoms. The summed E-state index contributed by atoms with van der Waals surface area (Å²) in [6, 6.07) is 21.9. The van der Waals surface area contributed by atoms with Crippen molar-refractivity contribution in [2.45, 2.75) is 32.4 Å². The molecule has 0 aliphatic rings. The van der Waals surface area contributed by atoms with E-state index in [1.807, 2.05) is 67.6 Å². The number of amides is 1. The lowest BCUT2D eigenvalue weighted by Crippen LogP contribution is -2.40. The molecule has 0 bridgehead atoms. The van der Waals surface area contributed by atoms with E-state index in [2.05, 4.69) is 0 Å². The highest BCUT2D eigenvalue weighted by atomic mass is 19.1. The van der Waals surface area contributed by atoms with Crippen LogP contribution in [-0.4, -0.2) is 22.5 Å². The third-order valence-corrected chi connectivity index (χ3v) is 5.54. The van der Waals surface area contributed by atoms with Crippen LogP contribution < -0.4 is 0 Å². The average Bonchev–Trinajstić information content (AvgIpc) is 2.79. The van der Waals surface area contributed by atoms with Crippen LogP contribution in [0.25, 0.3) is 0 Å². The molecule has 3 rings (SSSR count). The van der Waals surface area contributed by atoms with Crippen LogP contribution in [0.2, 0.25) is 0 Å². The first-order valence-corrected chi connectivity index (χ1v) is 10.5. The van der Waals surface area contributed by atoms with Gasteiger partial charge in [0, 0.05) is 18.5 Å². The number of carbonyl (C=O) groups excluding carboxylic acids is 1. The quantitative estimate of drug-likeness (QED) is 0.508. The summed E-state index contributed by atoms with van der Waals surface area (Å²) in [4.78, 5) is 15.3. The number of aliphatic hydroxyl groups is 1. The van der Waals surface area contributed by atoms with Crippen LogP contribution in [0.1, 0.15) is 36.1 Å². The fraction of sp³-hybridized carbons (Fsp3) is 0.269. The van der Waals surface area contributed by atoms with Gasteiger partial charge >= 0.3 is 0 Å². The Morgan fingerprint density at radius 3 is 2.19 bits per heavy atom. The molecule has 0 aliphatic heterocycles. The maximum absolute atomic E-state index is 14.2. The zero-order valence-corrected chi connectivity index (χ0v) is 17.5. The maximum Gasteiger partial charge on any atom is 0.226 e. The van der Waals surface area contributed by atoms with Crippen molar-refractivity contribution < 1.29 is 18.7 Å². The first kappa shape index (κ1) is 22.6. The van der Waals surface area contributed by atoms with Crippen LogP contribution in [-0.2, 0) is 17.8 Å². The molecule has 0 saturated carbocycles. The first-order valence-electron chi connectivity index (χ1n) is 10.5. The topological polar surface area (TPSA) is 40.5 Å². The van der Waals surface area contributed by atoms with E-state index >= 15 is 0 Å². The molecule has 31 heavy (non-hydrogen) atoms. The minimum atomic E-state index is -0.650. The van der Waals surface area contributed by atoms with Crippen molar-refractivity contribution in [2.24, 2.45) is 5.92 Å². The highest BCUT2D eigenvalue weighted by molar-refractivity contribution is 5.79. The maximum atomic E-state index is 14.2. The Balaban J connectivity index is 1.92. The summed E-state index contributed by atoms with van der Waals surface area (Å²) in [5.41, 5.74) is 2.08. The second-order valence-corrected chi connectivity index (χ2v) is 7.61. The molecule has 162 valence electrons. The summed E-state index contributed by atoms with van der Waals surface area (Å²) in [6.07, 6.45) is 0.660. The highest BCUT2D eigenvalue weighted by Crippen LogP contribution is 2.27. The summed E-state index contributed by atoms with van der Waals surface area (Å²) in [6.45, 7) is 1.97. The Labute approximate surface area is 182 Å². The van der Waals surface area contributed by atoms with E-state index < -0.39 is 23.6 Å². The van der Waals surface area contributed by atoms with E-state index in [-0.39, 0.29) is 18.9 Å². The fourth-order valence-corrected chi connectivity index (χ4v) is 3.77. The van der Waals surface area contributed by atoms with E-state index in [9.17, 15) is 18.7 Å². The number of benzene rings is 3. The summed E-state index contributed by atoms with van der Waals surface area (Å²) in [7, 11) is 0. The van der Waals surface area contributed by atoms with Crippen LogP contribution in [0.4, 0.5) is 8.78 Å². The van der Waals surface area contributed by atoms with Gasteiger partial charge in [0.2, 0.25) is 5.91 Å². The molecular formula is C26H27F2NO2. The molecule has 2 atom stereocenters. The van der Waals surface area contributed by atoms with Crippen LogP contribution in [0.5, 0.6) is 0 Å². The van der Waals surface area contributed by atoms with E-state index in [1.54, 1.807) is 4.90 Å². The highest BCUT2D eigenvalue weighted by Gasteiger charge is 2.30. The average molecular weight is 424 g/mol. The fourth-order valence-electron chi connectivity index (χ4n) is 3.77. The van der Waals surface area contributed by atoms with Gasteiger partial charge in [0.25, 0.3) is 0 Å². The third kappa shape index (κ3) is 5.76. The Morgan fingerprint density at radius 1 is 0.968 bits per heavy atom. The molecule has 5 heteroatoms. The van der Waals surface area contributed by atoms with Gasteiger partial charge in [-0.25, -0.2) is 8.78 Å². The second-order valence-electron chi connectivity index (χ2n) is 7.61. The molecule has 0 fully saturated rings. The van der Waals surface area contributed by atoms with Crippen LogP contribution >= 0.6 is 0 Å². The van der Waals surface area contributed by atoms with E-state index in [0.29, 0.717) is 18.5 Å². The van der Waals surface area contributed by atoms with Crippen molar-refractivity contribution in [3.8, 4) is 0 Å². The van der Waals surface area contributed by atoms with Gasteiger partial charge in [-0.1, -0.05) is 73.7 Å². The lowest BCUT2D eigenvalue weighted by atomic mass is 9.93. The molecule has 3 aromatic carbocycles. The molecule has 3 aromatic rings. The van der Waals surface area contributed by atoms with Crippen molar-refractivity contribution in [3.05, 3.63) is 107 Å². The van der Waals surface area contributed by atoms with E-state index in [0.717, 1.165) is 17.2 Å². The largest absolute Gasteiger partial charge is 0.394 e. The Kier molecular flexibility index (Phi) is 7.90. The lowest BCUT2D eigenvalue weighted by Gasteiger charge is -2.34. The van der Waals surface area contributed by atoms with Gasteiger partial charge in [0.1, 0.15) is 11.6 Å². The van der Waals surface area contributed by atoms with Gasteiger partial charge in [-0.15, -0.1) is 0 Å². The second kappa shape index (κ2) is 10.8. The molecule has 0 aliphatic carbocycles. The molecular weight excluding hydrogens is 396 g/mol. The zero-order valence-electron chi connectivity index (χ0n) is 17.5. The summed E-state index contributed by atoms with van der Waals surface area (Å²) < 4.78 is 27.5. The molecule has 1 amide bonds. The number of halogens is 2. The van der Waals surface area contributed by atoms with Gasteiger partial charge in [-0.2, -0.15) is 0 Å². The standard InChI is InChI=1S/C26H27F2NO2/c1-2-20(15-22-13-14-23(27)16-24(22)28)26(31)29(17-19-9-5-3-6-10-19)25(18-30)21-11-7-4-8-12-21/h3-14,16,20,25,30H,2,15,17-18H2,1H3/t20-,25?/m0/s1. The number of carbonyl (C=O) groups is 1. The molecule has 0 saturated heterocycles. The normalized spacial score (nSPS) is 12.9. The van der Waals surface area contributed by atoms with E-state index in [4.69, 9.17) is 0 Å². The molecule has 1 N–H and O–H groups in total. The van der Waals surface area contributed by atoms with E-state index in [1.165, 1.54) is 12.1 Å². The Morgan fingerprint density at radius 2 is 1.61 bits per heavy atom.